The maximum Gasteiger partial charge on any atom is -0.0262 e. The van der Waals surface area contributed by atoms with Gasteiger partial charge in [-0.2, -0.15) is 0 Å². The summed E-state index contributed by atoms with van der Waals surface area (Å²) < 4.78 is 0. The fraction of sp³-hybridized carbons (Fsp3) is 0.867. The third-order valence-electron chi connectivity index (χ3n) is 3.22. The lowest BCUT2D eigenvalue weighted by molar-refractivity contribution is 0.455. The van der Waals surface area contributed by atoms with E-state index in [4.69, 9.17) is 0 Å². The van der Waals surface area contributed by atoms with Crippen LogP contribution in [0, 0.1) is 11.8 Å². The van der Waals surface area contributed by atoms with Crippen molar-refractivity contribution in [1.82, 2.24) is 0 Å². The average Bonchev–Trinajstić information content (AvgIpc) is 2.23. The standard InChI is InChI=1S/C15H30/c1-5-8-12-15(7-3)13-9-11-14(4)10-6-2/h9,11,14-15H,5-8,10,12-13H2,1-4H3. The highest BCUT2D eigenvalue weighted by molar-refractivity contribution is 4.87. The maximum atomic E-state index is 2.42. The minimum Gasteiger partial charge on any atom is -0.0880 e. The minimum atomic E-state index is 0.777. The monoisotopic (exact) mass is 210 g/mol. The van der Waals surface area contributed by atoms with E-state index in [2.05, 4.69) is 39.8 Å². The Balaban J connectivity index is 3.68. The second-order valence-corrected chi connectivity index (χ2v) is 4.85. The van der Waals surface area contributed by atoms with E-state index in [9.17, 15) is 0 Å². The highest BCUT2D eigenvalue weighted by atomic mass is 14.1. The fourth-order valence-corrected chi connectivity index (χ4v) is 2.04. The molecule has 15 heavy (non-hydrogen) atoms. The zero-order valence-electron chi connectivity index (χ0n) is 11.3. The van der Waals surface area contributed by atoms with Crippen LogP contribution in [0.15, 0.2) is 12.2 Å². The zero-order chi connectivity index (χ0) is 11.5. The van der Waals surface area contributed by atoms with Gasteiger partial charge in [-0.25, -0.2) is 0 Å². The van der Waals surface area contributed by atoms with Crippen LogP contribution in [0.3, 0.4) is 0 Å². The molecule has 0 amide bonds. The highest BCUT2D eigenvalue weighted by Gasteiger charge is 2.03. The van der Waals surface area contributed by atoms with E-state index in [1.807, 2.05) is 0 Å². The van der Waals surface area contributed by atoms with E-state index in [0.29, 0.717) is 0 Å². The second kappa shape index (κ2) is 10.3. The van der Waals surface area contributed by atoms with Crippen LogP contribution in [0.2, 0.25) is 0 Å². The highest BCUT2D eigenvalue weighted by Crippen LogP contribution is 2.18. The summed E-state index contributed by atoms with van der Waals surface area (Å²) in [5.41, 5.74) is 0. The van der Waals surface area contributed by atoms with Crippen molar-refractivity contribution in [3.05, 3.63) is 12.2 Å². The van der Waals surface area contributed by atoms with Gasteiger partial charge >= 0.3 is 0 Å². The molecule has 0 spiro atoms. The van der Waals surface area contributed by atoms with Gasteiger partial charge in [0.05, 0.1) is 0 Å². The molecule has 2 unspecified atom stereocenters. The molecule has 0 heteroatoms. The summed E-state index contributed by atoms with van der Waals surface area (Å²) in [4.78, 5) is 0. The third-order valence-corrected chi connectivity index (χ3v) is 3.22. The molecule has 0 aliphatic carbocycles. The van der Waals surface area contributed by atoms with E-state index in [1.54, 1.807) is 0 Å². The molecule has 0 aromatic carbocycles. The van der Waals surface area contributed by atoms with Gasteiger partial charge in [0, 0.05) is 0 Å². The Kier molecular flexibility index (Phi) is 10.1. The Hall–Kier alpha value is -0.260. The lowest BCUT2D eigenvalue weighted by Crippen LogP contribution is -1.97. The van der Waals surface area contributed by atoms with Crippen LogP contribution in [-0.4, -0.2) is 0 Å². The molecule has 0 saturated carbocycles. The summed E-state index contributed by atoms with van der Waals surface area (Å²) in [7, 11) is 0. The Morgan fingerprint density at radius 1 is 1.00 bits per heavy atom. The van der Waals surface area contributed by atoms with Crippen LogP contribution in [0.1, 0.15) is 72.6 Å². The van der Waals surface area contributed by atoms with Crippen LogP contribution in [-0.2, 0) is 0 Å². The van der Waals surface area contributed by atoms with Gasteiger partial charge in [-0.3, -0.25) is 0 Å². The molecule has 90 valence electrons. The summed E-state index contributed by atoms with van der Waals surface area (Å²) in [5.74, 6) is 1.70. The molecule has 0 nitrogen and oxygen atoms in total. The van der Waals surface area contributed by atoms with E-state index in [-0.39, 0.29) is 0 Å². The molecule has 0 aliphatic rings. The van der Waals surface area contributed by atoms with E-state index >= 15 is 0 Å². The van der Waals surface area contributed by atoms with Gasteiger partial charge in [0.15, 0.2) is 0 Å². The van der Waals surface area contributed by atoms with Crippen molar-refractivity contribution >= 4 is 0 Å². The molecule has 0 rings (SSSR count). The molecule has 0 heterocycles. The number of allylic oxidation sites excluding steroid dienone is 2. The predicted octanol–water partition coefficient (Wildman–Crippen LogP) is 5.59. The van der Waals surface area contributed by atoms with Gasteiger partial charge in [-0.15, -0.1) is 0 Å². The summed E-state index contributed by atoms with van der Waals surface area (Å²) in [6.07, 6.45) is 14.3. The topological polar surface area (TPSA) is 0 Å². The first kappa shape index (κ1) is 14.7. The van der Waals surface area contributed by atoms with Crippen molar-refractivity contribution in [3.63, 3.8) is 0 Å². The van der Waals surface area contributed by atoms with Crippen molar-refractivity contribution < 1.29 is 0 Å². The summed E-state index contributed by atoms with van der Waals surface area (Å²) in [6, 6.07) is 0. The summed E-state index contributed by atoms with van der Waals surface area (Å²) in [6.45, 7) is 9.20. The van der Waals surface area contributed by atoms with Crippen molar-refractivity contribution in [2.75, 3.05) is 0 Å². The average molecular weight is 210 g/mol. The maximum absolute atomic E-state index is 2.42. The molecule has 0 fully saturated rings. The number of rotatable bonds is 9. The normalized spacial score (nSPS) is 15.7. The lowest BCUT2D eigenvalue weighted by Gasteiger charge is -2.11. The van der Waals surface area contributed by atoms with Crippen LogP contribution < -0.4 is 0 Å². The molecule has 0 aromatic heterocycles. The molecule has 0 bridgehead atoms. The van der Waals surface area contributed by atoms with Gasteiger partial charge in [0.1, 0.15) is 0 Å². The molecule has 0 N–H and O–H groups in total. The summed E-state index contributed by atoms with van der Waals surface area (Å²) >= 11 is 0. The van der Waals surface area contributed by atoms with Crippen LogP contribution in [0.25, 0.3) is 0 Å². The first-order valence-electron chi connectivity index (χ1n) is 6.91. The molecule has 0 aliphatic heterocycles. The largest absolute Gasteiger partial charge is 0.0880 e. The first-order valence-corrected chi connectivity index (χ1v) is 6.91. The molecule has 0 radical (unpaired) electrons. The molecular weight excluding hydrogens is 180 g/mol. The van der Waals surface area contributed by atoms with E-state index in [1.165, 1.54) is 44.9 Å². The minimum absolute atomic E-state index is 0.777. The van der Waals surface area contributed by atoms with E-state index < -0.39 is 0 Å². The quantitative estimate of drug-likeness (QED) is 0.435. The first-order chi connectivity index (χ1) is 7.24. The predicted molar refractivity (Wildman–Crippen MR) is 71.1 cm³/mol. The van der Waals surface area contributed by atoms with Gasteiger partial charge in [-0.1, -0.05) is 72.0 Å². The van der Waals surface area contributed by atoms with Crippen LogP contribution in [0.4, 0.5) is 0 Å². The lowest BCUT2D eigenvalue weighted by atomic mass is 9.94. The molecule has 0 saturated heterocycles. The molecular formula is C15H30. The Morgan fingerprint density at radius 2 is 1.73 bits per heavy atom. The molecule has 0 aromatic rings. The van der Waals surface area contributed by atoms with Crippen molar-refractivity contribution in [2.24, 2.45) is 11.8 Å². The Bertz CT molecular complexity index is 146. The SMILES string of the molecule is CCCCC(CC)CC=CC(C)CCC. The number of unbranched alkanes of at least 4 members (excludes halogenated alkanes) is 1. The summed E-state index contributed by atoms with van der Waals surface area (Å²) in [5, 5.41) is 0. The number of hydrogen-bond donors (Lipinski definition) is 0. The third kappa shape index (κ3) is 8.72. The van der Waals surface area contributed by atoms with Crippen LogP contribution in [0.5, 0.6) is 0 Å². The van der Waals surface area contributed by atoms with Crippen LogP contribution >= 0.6 is 0 Å². The molecule has 2 atom stereocenters. The van der Waals surface area contributed by atoms with Gasteiger partial charge in [0.2, 0.25) is 0 Å². The van der Waals surface area contributed by atoms with Crippen molar-refractivity contribution in [3.8, 4) is 0 Å². The Morgan fingerprint density at radius 3 is 2.27 bits per heavy atom. The van der Waals surface area contributed by atoms with Crippen molar-refractivity contribution in [2.45, 2.75) is 72.6 Å². The van der Waals surface area contributed by atoms with Gasteiger partial charge in [0.25, 0.3) is 0 Å². The second-order valence-electron chi connectivity index (χ2n) is 4.85. The Labute approximate surface area is 97.2 Å². The van der Waals surface area contributed by atoms with Gasteiger partial charge in [-0.05, 0) is 24.7 Å². The van der Waals surface area contributed by atoms with E-state index in [0.717, 1.165) is 11.8 Å². The number of hydrogen-bond acceptors (Lipinski definition) is 0. The van der Waals surface area contributed by atoms with Crippen molar-refractivity contribution in [1.29, 1.82) is 0 Å². The smallest absolute Gasteiger partial charge is 0.0262 e. The fourth-order valence-electron chi connectivity index (χ4n) is 2.04. The zero-order valence-corrected chi connectivity index (χ0v) is 11.3. The van der Waals surface area contributed by atoms with Gasteiger partial charge < -0.3 is 0 Å².